The van der Waals surface area contributed by atoms with Gasteiger partial charge in [-0.2, -0.15) is 0 Å². The summed E-state index contributed by atoms with van der Waals surface area (Å²) in [6, 6.07) is 0.675. The van der Waals surface area contributed by atoms with E-state index in [1.165, 1.54) is 6.20 Å². The SMILES string of the molecule is NC(Cc1cn(-c2c(F)cc(F)cc2Br)nn1)C(=O)O. The largest absolute Gasteiger partial charge is 0.480 e. The van der Waals surface area contributed by atoms with Gasteiger partial charge in [-0.05, 0) is 22.0 Å². The highest BCUT2D eigenvalue weighted by Gasteiger charge is 2.17. The van der Waals surface area contributed by atoms with Crippen LogP contribution in [0, 0.1) is 11.6 Å². The highest BCUT2D eigenvalue weighted by atomic mass is 79.9. The molecule has 106 valence electrons. The van der Waals surface area contributed by atoms with E-state index >= 15 is 0 Å². The van der Waals surface area contributed by atoms with Gasteiger partial charge >= 0.3 is 5.97 Å². The number of carboxylic acids is 1. The van der Waals surface area contributed by atoms with E-state index < -0.39 is 23.6 Å². The van der Waals surface area contributed by atoms with Crippen molar-refractivity contribution in [2.24, 2.45) is 5.73 Å². The normalized spacial score (nSPS) is 12.4. The molecule has 0 bridgehead atoms. The van der Waals surface area contributed by atoms with Crippen molar-refractivity contribution in [2.45, 2.75) is 12.5 Å². The van der Waals surface area contributed by atoms with Crippen LogP contribution in [0.2, 0.25) is 0 Å². The highest BCUT2D eigenvalue weighted by molar-refractivity contribution is 9.10. The van der Waals surface area contributed by atoms with Gasteiger partial charge in [0.2, 0.25) is 0 Å². The Balaban J connectivity index is 2.32. The molecule has 6 nitrogen and oxygen atoms in total. The molecule has 20 heavy (non-hydrogen) atoms. The fourth-order valence-corrected chi connectivity index (χ4v) is 2.16. The van der Waals surface area contributed by atoms with Crippen molar-refractivity contribution in [3.05, 3.63) is 40.1 Å². The molecule has 0 aliphatic heterocycles. The molecule has 3 N–H and O–H groups in total. The first-order chi connectivity index (χ1) is 9.38. The number of benzene rings is 1. The van der Waals surface area contributed by atoms with Crippen LogP contribution in [0.5, 0.6) is 0 Å². The Morgan fingerprint density at radius 1 is 1.50 bits per heavy atom. The van der Waals surface area contributed by atoms with Crippen molar-refractivity contribution in [3.8, 4) is 5.69 Å². The van der Waals surface area contributed by atoms with Gasteiger partial charge in [-0.15, -0.1) is 5.10 Å². The minimum Gasteiger partial charge on any atom is -0.480 e. The fourth-order valence-electron chi connectivity index (χ4n) is 1.57. The summed E-state index contributed by atoms with van der Waals surface area (Å²) < 4.78 is 28.0. The van der Waals surface area contributed by atoms with Gasteiger partial charge in [0.1, 0.15) is 17.5 Å². The Hall–Kier alpha value is -1.87. The van der Waals surface area contributed by atoms with Crippen LogP contribution < -0.4 is 5.73 Å². The summed E-state index contributed by atoms with van der Waals surface area (Å²) in [5.74, 6) is -2.73. The third-order valence-corrected chi connectivity index (χ3v) is 3.10. The van der Waals surface area contributed by atoms with Crippen molar-refractivity contribution >= 4 is 21.9 Å². The maximum atomic E-state index is 13.7. The number of hydrogen-bond acceptors (Lipinski definition) is 4. The molecular formula is C11H9BrF2N4O2. The van der Waals surface area contributed by atoms with Crippen LogP contribution in [0.25, 0.3) is 5.69 Å². The second-order valence-electron chi connectivity index (χ2n) is 4.02. The summed E-state index contributed by atoms with van der Waals surface area (Å²) >= 11 is 3.03. The number of aliphatic carboxylic acids is 1. The predicted octanol–water partition coefficient (Wildman–Crippen LogP) is 1.26. The second-order valence-corrected chi connectivity index (χ2v) is 4.88. The van der Waals surface area contributed by atoms with Crippen LogP contribution in [0.1, 0.15) is 5.69 Å². The molecule has 1 atom stereocenters. The zero-order valence-electron chi connectivity index (χ0n) is 9.92. The van der Waals surface area contributed by atoms with E-state index in [4.69, 9.17) is 10.8 Å². The molecule has 0 amide bonds. The average Bonchev–Trinajstić information content (AvgIpc) is 2.75. The van der Waals surface area contributed by atoms with Gasteiger partial charge in [0.05, 0.1) is 11.9 Å². The number of aromatic nitrogens is 3. The summed E-state index contributed by atoms with van der Waals surface area (Å²) in [5.41, 5.74) is 5.63. The lowest BCUT2D eigenvalue weighted by Crippen LogP contribution is -2.32. The zero-order chi connectivity index (χ0) is 14.9. The van der Waals surface area contributed by atoms with Crippen molar-refractivity contribution < 1.29 is 18.7 Å². The number of nitrogens with two attached hydrogens (primary N) is 1. The van der Waals surface area contributed by atoms with Gasteiger partial charge in [-0.1, -0.05) is 5.21 Å². The highest BCUT2D eigenvalue weighted by Crippen LogP contribution is 2.25. The Bertz CT molecular complexity index is 639. The number of rotatable bonds is 4. The molecule has 1 heterocycles. The van der Waals surface area contributed by atoms with E-state index in [9.17, 15) is 13.6 Å². The van der Waals surface area contributed by atoms with Crippen LogP contribution in [0.15, 0.2) is 22.8 Å². The number of carbonyl (C=O) groups is 1. The maximum absolute atomic E-state index is 13.7. The van der Waals surface area contributed by atoms with Crippen molar-refractivity contribution in [1.29, 1.82) is 0 Å². The molecule has 1 aromatic heterocycles. The van der Waals surface area contributed by atoms with Gasteiger partial charge in [0.15, 0.2) is 5.82 Å². The van der Waals surface area contributed by atoms with Crippen LogP contribution in [0.4, 0.5) is 8.78 Å². The quantitative estimate of drug-likeness (QED) is 0.869. The lowest BCUT2D eigenvalue weighted by atomic mass is 10.2. The first-order valence-corrected chi connectivity index (χ1v) is 6.22. The van der Waals surface area contributed by atoms with Gasteiger partial charge in [-0.25, -0.2) is 13.5 Å². The molecule has 0 fully saturated rings. The first kappa shape index (κ1) is 14.5. The fraction of sp³-hybridized carbons (Fsp3) is 0.182. The second kappa shape index (κ2) is 5.63. The molecule has 1 unspecified atom stereocenters. The minimum atomic E-state index is -1.17. The molecule has 0 aliphatic rings. The summed E-state index contributed by atoms with van der Waals surface area (Å²) in [6.07, 6.45) is 1.29. The van der Waals surface area contributed by atoms with E-state index in [0.29, 0.717) is 6.07 Å². The average molecular weight is 347 g/mol. The molecule has 9 heteroatoms. The Labute approximate surface area is 120 Å². The summed E-state index contributed by atoms with van der Waals surface area (Å²) in [7, 11) is 0. The standard InChI is InChI=1S/C11H9BrF2N4O2/c12-7-1-5(13)2-8(14)10(7)18-4-6(16-17-18)3-9(15)11(19)20/h1-2,4,9H,3,15H2,(H,19,20). The molecule has 0 spiro atoms. The Kier molecular flexibility index (Phi) is 4.09. The lowest BCUT2D eigenvalue weighted by Gasteiger charge is -2.05. The van der Waals surface area contributed by atoms with Crippen molar-refractivity contribution in [3.63, 3.8) is 0 Å². The summed E-state index contributed by atoms with van der Waals surface area (Å²) in [5, 5.41) is 16.1. The first-order valence-electron chi connectivity index (χ1n) is 5.43. The number of halogens is 3. The van der Waals surface area contributed by atoms with E-state index in [0.717, 1.165) is 10.7 Å². The van der Waals surface area contributed by atoms with Crippen LogP contribution in [-0.4, -0.2) is 32.1 Å². The molecule has 0 saturated carbocycles. The van der Waals surface area contributed by atoms with E-state index in [-0.39, 0.29) is 22.3 Å². The molecule has 0 saturated heterocycles. The van der Waals surface area contributed by atoms with E-state index in [1.54, 1.807) is 0 Å². The van der Waals surface area contributed by atoms with E-state index in [1.807, 2.05) is 0 Å². The topological polar surface area (TPSA) is 94.0 Å². The lowest BCUT2D eigenvalue weighted by molar-refractivity contribution is -0.138. The Morgan fingerprint density at radius 3 is 2.80 bits per heavy atom. The van der Waals surface area contributed by atoms with Crippen LogP contribution in [0.3, 0.4) is 0 Å². The number of nitrogens with zero attached hydrogens (tertiary/aromatic N) is 3. The third kappa shape index (κ3) is 2.99. The molecule has 0 radical (unpaired) electrons. The number of carboxylic acid groups (broad SMARTS) is 1. The maximum Gasteiger partial charge on any atom is 0.320 e. The third-order valence-electron chi connectivity index (χ3n) is 2.50. The van der Waals surface area contributed by atoms with Gasteiger partial charge in [0.25, 0.3) is 0 Å². The predicted molar refractivity (Wildman–Crippen MR) is 68.3 cm³/mol. The zero-order valence-corrected chi connectivity index (χ0v) is 11.5. The molecule has 1 aromatic carbocycles. The minimum absolute atomic E-state index is 0.0194. The number of hydrogen-bond donors (Lipinski definition) is 2. The molecule has 2 aromatic rings. The summed E-state index contributed by atoms with van der Waals surface area (Å²) in [6.45, 7) is 0. The van der Waals surface area contributed by atoms with E-state index in [2.05, 4.69) is 26.2 Å². The van der Waals surface area contributed by atoms with Crippen molar-refractivity contribution in [2.75, 3.05) is 0 Å². The van der Waals surface area contributed by atoms with Crippen molar-refractivity contribution in [1.82, 2.24) is 15.0 Å². The van der Waals surface area contributed by atoms with Crippen LogP contribution in [-0.2, 0) is 11.2 Å². The molecule has 0 aliphatic carbocycles. The Morgan fingerprint density at radius 2 is 2.20 bits per heavy atom. The van der Waals surface area contributed by atoms with Gasteiger partial charge in [-0.3, -0.25) is 4.79 Å². The monoisotopic (exact) mass is 346 g/mol. The molecule has 2 rings (SSSR count). The smallest absolute Gasteiger partial charge is 0.320 e. The summed E-state index contributed by atoms with van der Waals surface area (Å²) in [4.78, 5) is 10.6. The van der Waals surface area contributed by atoms with Crippen LogP contribution >= 0.6 is 15.9 Å². The van der Waals surface area contributed by atoms with Gasteiger partial charge < -0.3 is 10.8 Å². The molecular weight excluding hydrogens is 338 g/mol. The van der Waals surface area contributed by atoms with Gasteiger partial charge in [0, 0.05) is 17.0 Å².